The molecule has 1 aromatic carbocycles. The van der Waals surface area contributed by atoms with Gasteiger partial charge in [0.25, 0.3) is 5.91 Å². The highest BCUT2D eigenvalue weighted by Crippen LogP contribution is 2.21. The van der Waals surface area contributed by atoms with E-state index >= 15 is 0 Å². The third-order valence-corrected chi connectivity index (χ3v) is 3.98. The van der Waals surface area contributed by atoms with Crippen LogP contribution in [-0.2, 0) is 6.54 Å². The molecule has 4 heteroatoms. The number of rotatable bonds is 4. The van der Waals surface area contributed by atoms with Gasteiger partial charge in [-0.2, -0.15) is 0 Å². The summed E-state index contributed by atoms with van der Waals surface area (Å²) in [5, 5.41) is 2.99. The summed E-state index contributed by atoms with van der Waals surface area (Å²) in [6.07, 6.45) is 5.36. The molecule has 1 aliphatic heterocycles. The summed E-state index contributed by atoms with van der Waals surface area (Å²) in [4.78, 5) is 19.2. The largest absolute Gasteiger partial charge is 0.356 e. The van der Waals surface area contributed by atoms with Crippen molar-refractivity contribution in [2.24, 2.45) is 0 Å². The van der Waals surface area contributed by atoms with E-state index in [0.717, 1.165) is 24.5 Å². The van der Waals surface area contributed by atoms with Crippen molar-refractivity contribution in [2.45, 2.75) is 25.8 Å². The first-order valence-electron chi connectivity index (χ1n) is 7.87. The summed E-state index contributed by atoms with van der Waals surface area (Å²) in [6.45, 7) is 2.50. The Balaban J connectivity index is 1.72. The van der Waals surface area contributed by atoms with Crippen molar-refractivity contribution in [3.63, 3.8) is 0 Å². The van der Waals surface area contributed by atoms with E-state index in [1.54, 1.807) is 6.20 Å². The molecule has 22 heavy (non-hydrogen) atoms. The van der Waals surface area contributed by atoms with Gasteiger partial charge in [-0.1, -0.05) is 30.3 Å². The number of amides is 1. The quantitative estimate of drug-likeness (QED) is 0.943. The van der Waals surface area contributed by atoms with Gasteiger partial charge in [-0.25, -0.2) is 4.98 Å². The van der Waals surface area contributed by atoms with Crippen molar-refractivity contribution in [3.05, 3.63) is 59.8 Å². The number of benzene rings is 1. The SMILES string of the molecule is O=C(NCc1ccccc1)c1cccnc1N1CCCCC1. The molecule has 0 spiro atoms. The van der Waals surface area contributed by atoms with Crippen molar-refractivity contribution in [1.29, 1.82) is 0 Å². The van der Waals surface area contributed by atoms with E-state index < -0.39 is 0 Å². The number of pyridine rings is 1. The zero-order valence-corrected chi connectivity index (χ0v) is 12.7. The maximum absolute atomic E-state index is 12.5. The lowest BCUT2D eigenvalue weighted by atomic mass is 10.1. The molecule has 0 saturated carbocycles. The van der Waals surface area contributed by atoms with Crippen LogP contribution in [0.2, 0.25) is 0 Å². The number of anilines is 1. The second-order valence-corrected chi connectivity index (χ2v) is 5.59. The van der Waals surface area contributed by atoms with Crippen LogP contribution in [0.25, 0.3) is 0 Å². The lowest BCUT2D eigenvalue weighted by Crippen LogP contribution is -2.33. The lowest BCUT2D eigenvalue weighted by Gasteiger charge is -2.29. The molecule has 0 unspecified atom stereocenters. The molecule has 1 amide bonds. The molecule has 1 N–H and O–H groups in total. The molecule has 0 aliphatic carbocycles. The van der Waals surface area contributed by atoms with Crippen molar-refractivity contribution < 1.29 is 4.79 Å². The van der Waals surface area contributed by atoms with Crippen LogP contribution in [-0.4, -0.2) is 24.0 Å². The minimum Gasteiger partial charge on any atom is -0.356 e. The van der Waals surface area contributed by atoms with Gasteiger partial charge in [0.15, 0.2) is 0 Å². The van der Waals surface area contributed by atoms with Gasteiger partial charge in [0.2, 0.25) is 0 Å². The molecule has 0 atom stereocenters. The molecular formula is C18H21N3O. The Hall–Kier alpha value is -2.36. The first-order valence-corrected chi connectivity index (χ1v) is 7.87. The Morgan fingerprint density at radius 2 is 1.82 bits per heavy atom. The Bertz CT molecular complexity index is 621. The molecule has 0 radical (unpaired) electrons. The molecule has 3 rings (SSSR count). The number of aromatic nitrogens is 1. The zero-order chi connectivity index (χ0) is 15.2. The Kier molecular flexibility index (Phi) is 4.68. The van der Waals surface area contributed by atoms with Crippen LogP contribution in [0.5, 0.6) is 0 Å². The second-order valence-electron chi connectivity index (χ2n) is 5.59. The Morgan fingerprint density at radius 1 is 1.05 bits per heavy atom. The first-order chi connectivity index (χ1) is 10.8. The number of carbonyl (C=O) groups excluding carboxylic acids is 1. The number of nitrogens with one attached hydrogen (secondary N) is 1. The first kappa shape index (κ1) is 14.6. The third kappa shape index (κ3) is 3.45. The summed E-state index contributed by atoms with van der Waals surface area (Å²) in [6, 6.07) is 13.6. The smallest absolute Gasteiger partial charge is 0.255 e. The van der Waals surface area contributed by atoms with E-state index in [1.165, 1.54) is 19.3 Å². The maximum atomic E-state index is 12.5. The molecule has 1 aliphatic rings. The zero-order valence-electron chi connectivity index (χ0n) is 12.7. The number of carbonyl (C=O) groups is 1. The fraction of sp³-hybridized carbons (Fsp3) is 0.333. The van der Waals surface area contributed by atoms with E-state index in [2.05, 4.69) is 15.2 Å². The van der Waals surface area contributed by atoms with Gasteiger partial charge in [-0.3, -0.25) is 4.79 Å². The normalized spacial score (nSPS) is 14.6. The van der Waals surface area contributed by atoms with E-state index in [-0.39, 0.29) is 5.91 Å². The molecule has 2 aromatic rings. The lowest BCUT2D eigenvalue weighted by molar-refractivity contribution is 0.0951. The highest BCUT2D eigenvalue weighted by molar-refractivity contribution is 5.98. The van der Waals surface area contributed by atoms with Crippen LogP contribution in [0, 0.1) is 0 Å². The fourth-order valence-electron chi connectivity index (χ4n) is 2.81. The predicted molar refractivity (Wildman–Crippen MR) is 87.9 cm³/mol. The van der Waals surface area contributed by atoms with E-state index in [9.17, 15) is 4.79 Å². The van der Waals surface area contributed by atoms with Gasteiger partial charge in [-0.15, -0.1) is 0 Å². The number of piperidine rings is 1. The Labute approximate surface area is 131 Å². The van der Waals surface area contributed by atoms with Gasteiger partial charge in [0.05, 0.1) is 5.56 Å². The van der Waals surface area contributed by atoms with Crippen molar-refractivity contribution in [1.82, 2.24) is 10.3 Å². The van der Waals surface area contributed by atoms with E-state index in [1.807, 2.05) is 42.5 Å². The summed E-state index contributed by atoms with van der Waals surface area (Å²) in [5.41, 5.74) is 1.76. The van der Waals surface area contributed by atoms with Crippen LogP contribution < -0.4 is 10.2 Å². The molecule has 1 aromatic heterocycles. The van der Waals surface area contributed by atoms with Crippen LogP contribution in [0.1, 0.15) is 35.2 Å². The molecule has 4 nitrogen and oxygen atoms in total. The van der Waals surface area contributed by atoms with Gasteiger partial charge in [0, 0.05) is 25.8 Å². The Morgan fingerprint density at radius 3 is 2.59 bits per heavy atom. The topological polar surface area (TPSA) is 45.2 Å². The summed E-state index contributed by atoms with van der Waals surface area (Å²) < 4.78 is 0. The monoisotopic (exact) mass is 295 g/mol. The second kappa shape index (κ2) is 7.07. The maximum Gasteiger partial charge on any atom is 0.255 e. The molecule has 1 saturated heterocycles. The average molecular weight is 295 g/mol. The third-order valence-electron chi connectivity index (χ3n) is 3.98. The van der Waals surface area contributed by atoms with Crippen LogP contribution >= 0.6 is 0 Å². The van der Waals surface area contributed by atoms with Crippen molar-refractivity contribution in [3.8, 4) is 0 Å². The molecule has 114 valence electrons. The molecule has 2 heterocycles. The predicted octanol–water partition coefficient (Wildman–Crippen LogP) is 3.00. The van der Waals surface area contributed by atoms with Gasteiger partial charge < -0.3 is 10.2 Å². The van der Waals surface area contributed by atoms with Gasteiger partial charge in [0.1, 0.15) is 5.82 Å². The summed E-state index contributed by atoms with van der Waals surface area (Å²) >= 11 is 0. The minimum absolute atomic E-state index is 0.0578. The summed E-state index contributed by atoms with van der Waals surface area (Å²) in [5.74, 6) is 0.755. The van der Waals surface area contributed by atoms with Crippen molar-refractivity contribution in [2.75, 3.05) is 18.0 Å². The van der Waals surface area contributed by atoms with Crippen LogP contribution in [0.3, 0.4) is 0 Å². The van der Waals surface area contributed by atoms with Crippen LogP contribution in [0.15, 0.2) is 48.7 Å². The molecule has 0 bridgehead atoms. The standard InChI is InChI=1S/C18H21N3O/c22-18(20-14-15-8-3-1-4-9-15)16-10-7-11-19-17(16)21-12-5-2-6-13-21/h1,3-4,7-11H,2,5-6,12-14H2,(H,20,22). The highest BCUT2D eigenvalue weighted by Gasteiger charge is 2.19. The van der Waals surface area contributed by atoms with Gasteiger partial charge in [-0.05, 0) is 37.0 Å². The highest BCUT2D eigenvalue weighted by atomic mass is 16.1. The minimum atomic E-state index is -0.0578. The fourth-order valence-corrected chi connectivity index (χ4v) is 2.81. The average Bonchev–Trinajstić information content (AvgIpc) is 2.61. The number of hydrogen-bond acceptors (Lipinski definition) is 3. The van der Waals surface area contributed by atoms with Crippen molar-refractivity contribution >= 4 is 11.7 Å². The van der Waals surface area contributed by atoms with E-state index in [4.69, 9.17) is 0 Å². The van der Waals surface area contributed by atoms with Gasteiger partial charge >= 0.3 is 0 Å². The van der Waals surface area contributed by atoms with Crippen LogP contribution in [0.4, 0.5) is 5.82 Å². The summed E-state index contributed by atoms with van der Waals surface area (Å²) in [7, 11) is 0. The number of hydrogen-bond donors (Lipinski definition) is 1. The molecule has 1 fully saturated rings. The van der Waals surface area contributed by atoms with E-state index in [0.29, 0.717) is 12.1 Å². The number of nitrogens with zero attached hydrogens (tertiary/aromatic N) is 2. The molecular weight excluding hydrogens is 274 g/mol.